The number of nitrogens with one attached hydrogen (secondary N) is 3. The fraction of sp³-hybridized carbons (Fsp3) is 0.291. The summed E-state index contributed by atoms with van der Waals surface area (Å²) in [6, 6.07) is 38.0. The van der Waals surface area contributed by atoms with Crippen LogP contribution in [0.15, 0.2) is 196 Å². The number of ketones is 2. The number of piperidine rings is 1. The number of amides is 3. The normalized spacial score (nSPS) is 13.9. The van der Waals surface area contributed by atoms with Crippen molar-refractivity contribution in [3.63, 3.8) is 0 Å². The minimum atomic E-state index is -1.15. The van der Waals surface area contributed by atoms with E-state index in [4.69, 9.17) is 40.8 Å². The predicted molar refractivity (Wildman–Crippen MR) is 555 cm³/mol. The van der Waals surface area contributed by atoms with E-state index in [-0.39, 0.29) is 194 Å². The zero-order valence-corrected chi connectivity index (χ0v) is 86.6. The topological polar surface area (TPSA) is 367 Å². The maximum Gasteiger partial charge on any atom is 0.336 e. The largest absolute Gasteiger partial charge is 0.452 e. The van der Waals surface area contributed by atoms with E-state index >= 15 is 4.39 Å². The molecule has 3 aliphatic rings. The van der Waals surface area contributed by atoms with Crippen LogP contribution in [0.2, 0.25) is 5.02 Å². The van der Waals surface area contributed by atoms with E-state index < -0.39 is 70.5 Å². The number of Topliss-reactive ketones (excluding diaryl/α,β-unsaturated/α-hetero) is 2. The lowest BCUT2D eigenvalue weighted by molar-refractivity contribution is -0.114. The van der Waals surface area contributed by atoms with Crippen molar-refractivity contribution in [1.29, 1.82) is 0 Å². The lowest BCUT2D eigenvalue weighted by Gasteiger charge is -2.51. The smallest absolute Gasteiger partial charge is 0.336 e. The number of ether oxygens (including phenoxy) is 2. The molecule has 27 nitrogen and oxygen atoms in total. The highest BCUT2D eigenvalue weighted by atomic mass is 127. The van der Waals surface area contributed by atoms with Gasteiger partial charge in [0.2, 0.25) is 11.7 Å². The van der Waals surface area contributed by atoms with E-state index in [0.717, 1.165) is 53.7 Å². The summed E-state index contributed by atoms with van der Waals surface area (Å²) >= 11 is 14.4. The minimum absolute atomic E-state index is 0.00465. The van der Waals surface area contributed by atoms with Crippen molar-refractivity contribution in [2.75, 3.05) is 77.7 Å². The van der Waals surface area contributed by atoms with Crippen LogP contribution in [0.25, 0.3) is 38.6 Å². The summed E-state index contributed by atoms with van der Waals surface area (Å²) in [5.74, 6) is -6.15. The average molecular weight is 2420 g/mol. The molecule has 1 aliphatic carbocycles. The molecule has 1 saturated carbocycles. The predicted octanol–water partition coefficient (Wildman–Crippen LogP) is 15.7. The van der Waals surface area contributed by atoms with Crippen LogP contribution in [0.1, 0.15) is 154 Å². The van der Waals surface area contributed by atoms with E-state index in [0.29, 0.717) is 88.4 Å². The van der Waals surface area contributed by atoms with Gasteiger partial charge in [-0.2, -0.15) is 0 Å². The number of hydrogen-bond donors (Lipinski definition) is 8. The number of benzene rings is 8. The highest BCUT2D eigenvalue weighted by Gasteiger charge is 2.50. The van der Waals surface area contributed by atoms with Crippen LogP contribution in [0.4, 0.5) is 36.4 Å². The number of aliphatic hydroxyl groups excluding tert-OH is 4. The molecule has 8 N–H and O–H groups in total. The molecule has 0 radical (unpaired) electrons. The van der Waals surface area contributed by atoms with E-state index in [1.165, 1.54) is 80.6 Å². The summed E-state index contributed by atoms with van der Waals surface area (Å²) in [5, 5.41) is 56.4. The summed E-state index contributed by atoms with van der Waals surface area (Å²) in [6.07, 6.45) is 11.3. The molecule has 744 valence electrons. The minimum Gasteiger partial charge on any atom is -0.452 e. The van der Waals surface area contributed by atoms with Crippen LogP contribution < -0.4 is 32.8 Å². The number of β-amino-alcohol motifs (C(OH)–C–C–N with tert-alkyl or cyclic N) is 1. The Balaban J connectivity index is 0.000000151. The number of hydrogen-bond acceptors (Lipinski definition) is 20. The van der Waals surface area contributed by atoms with Gasteiger partial charge < -0.3 is 69.4 Å². The molecule has 17 rings (SSSR count). The number of halogens is 12. The highest BCUT2D eigenvalue weighted by Crippen LogP contribution is 2.38. The molecule has 14 aromatic rings. The summed E-state index contributed by atoms with van der Waals surface area (Å²) in [7, 11) is 3.30. The second-order valence-electron chi connectivity index (χ2n) is 34.2. The number of fused-ring (bicyclic) bond motifs is 3. The van der Waals surface area contributed by atoms with Gasteiger partial charge in [-0.05, 0) is 279 Å². The van der Waals surface area contributed by atoms with Crippen molar-refractivity contribution in [2.45, 2.75) is 109 Å². The summed E-state index contributed by atoms with van der Waals surface area (Å²) in [5.41, 5.74) is 5.44. The van der Waals surface area contributed by atoms with Crippen LogP contribution in [0, 0.1) is 68.8 Å². The molecule has 2 saturated heterocycles. The standard InChI is InChI=1S/C27H24FIN4O4.C22H22F3IN2O2.C20H20ClFN2O3.C18H15FINO4.C16H16FIN2O3/c1-14-24-23(22(31(3)25(14)35)11-16-7-8-17(29)12-21(16)28)26(36)33(19-9-10-19)27(37)32(24)20-6-4-5-18(13-20)30-15(2)34;23-17-7-6-15(16(20(17)25)9-13-4-5-14(26)10-18(13)24)21(29)28-11-22(30,12-28)19-3-1-2-8-27-19;1-12-3-4-13(16(21)7-12)8-15-14(18(26)10-27-6-5-25)9-17-20(19(15)22)23-11-24(17)2;19-15-8-12(20)2-1-11(15)7-13-14-9-21-4-3-17(14)25-18(13)16(23)10-24-6-5-22;17-15-6-12(18)2-1-10(15)5-11-7-19-4-3-14(11)16(23)20-8-13(22)9-21/h4-8,12-13,19H,9-11H2,1-3H3,(H,30,34);4-7,10,19,27,30H,1-3,8-9,11-12H2;3-4,7,9,11,25H,5-6,8,10H2,1-2H3;1-4,8-9,22H,5-7,10H2;1-4,6-7,13,21-22H,5,8-9H2,(H,20,23)/t;19-;;;13-/m.0..0/s1. The summed E-state index contributed by atoms with van der Waals surface area (Å²) in [6.45, 7) is 4.77. The first kappa shape index (κ1) is 108. The molecule has 3 fully saturated rings. The van der Waals surface area contributed by atoms with Gasteiger partial charge in [0.05, 0.1) is 80.7 Å². The Morgan fingerprint density at radius 1 is 0.620 bits per heavy atom. The van der Waals surface area contributed by atoms with E-state index in [9.17, 15) is 74.9 Å². The van der Waals surface area contributed by atoms with Gasteiger partial charge in [0.25, 0.3) is 22.9 Å². The third-order valence-corrected chi connectivity index (χ3v) is 27.1. The number of anilines is 1. The van der Waals surface area contributed by atoms with Crippen molar-refractivity contribution < 1.29 is 94.1 Å². The number of furan rings is 1. The number of pyridine rings is 3. The van der Waals surface area contributed by atoms with Crippen molar-refractivity contribution >= 4 is 170 Å². The van der Waals surface area contributed by atoms with Gasteiger partial charge in [-0.3, -0.25) is 52.7 Å². The zero-order chi connectivity index (χ0) is 102. The second-order valence-corrected chi connectivity index (χ2v) is 39.6. The maximum absolute atomic E-state index is 15.2. The van der Waals surface area contributed by atoms with E-state index in [1.807, 2.05) is 115 Å². The Bertz CT molecular complexity index is 7290. The Morgan fingerprint density at radius 2 is 1.20 bits per heavy atom. The second kappa shape index (κ2) is 49.1. The third-order valence-electron chi connectivity index (χ3n) is 24.0. The number of aromatic nitrogens is 7. The highest BCUT2D eigenvalue weighted by molar-refractivity contribution is 14.1. The Labute approximate surface area is 868 Å². The summed E-state index contributed by atoms with van der Waals surface area (Å²) < 4.78 is 126. The lowest BCUT2D eigenvalue weighted by atomic mass is 9.81. The van der Waals surface area contributed by atoms with Gasteiger partial charge >= 0.3 is 5.69 Å². The van der Waals surface area contributed by atoms with Crippen molar-refractivity contribution in [3.05, 3.63) is 357 Å². The number of nitrogens with zero attached hydrogens (tertiary/aromatic N) is 8. The first-order valence-corrected chi connectivity index (χ1v) is 49.5. The van der Waals surface area contributed by atoms with Crippen molar-refractivity contribution in [3.8, 4) is 5.69 Å². The quantitative estimate of drug-likeness (QED) is 0.00934. The number of carbonyl (C=O) groups excluding carboxylic acids is 5. The SMILES string of the molecule is CC(=O)Nc1cccc(-n2c(=O)n(C3CC3)c(=O)c3c(Cc4ccc(I)cc4F)n(C)c(=O)c(C)c32)c1.Cc1ccc(Cc2c(C(=O)COCCO)cc3c(ncn3C)c2F)c(Cl)c1.O=C(COCCO)c1oc2ccncc2c1Cc1ccc(I)cc1F.O=C(NC[C@H](O)CO)c1ccncc1Cc1ccc(I)cc1F.O=C(c1ccc(F)c(F)c1Cc1ccc(I)cc1F)N1CC(O)([C@@H]2CCCCN2)C1. The first-order valence-electron chi connectivity index (χ1n) is 44.8. The van der Waals surface area contributed by atoms with Gasteiger partial charge in [0.1, 0.15) is 53.2 Å². The van der Waals surface area contributed by atoms with E-state index in [2.05, 4.69) is 30.9 Å². The van der Waals surface area contributed by atoms with Crippen LogP contribution >= 0.6 is 102 Å². The molecule has 6 aromatic heterocycles. The van der Waals surface area contributed by atoms with Gasteiger partial charge in [0, 0.05) is 172 Å². The Morgan fingerprint density at radius 3 is 1.78 bits per heavy atom. The molecule has 2 atom stereocenters. The van der Waals surface area contributed by atoms with Crippen LogP contribution in [-0.2, 0) is 60.5 Å². The van der Waals surface area contributed by atoms with Crippen LogP contribution in [-0.4, -0.2) is 183 Å². The molecule has 8 aromatic carbocycles. The third kappa shape index (κ3) is 26.3. The molecule has 0 spiro atoms. The molecule has 142 heavy (non-hydrogen) atoms. The number of carbonyl (C=O) groups is 5. The van der Waals surface area contributed by atoms with E-state index in [1.54, 1.807) is 123 Å². The number of imidazole rings is 1. The molecule has 0 unspecified atom stereocenters. The van der Waals surface area contributed by atoms with Crippen LogP contribution in [0.3, 0.4) is 0 Å². The van der Waals surface area contributed by atoms with Crippen LogP contribution in [0.5, 0.6) is 0 Å². The summed E-state index contributed by atoms with van der Waals surface area (Å²) in [4.78, 5) is 117. The van der Waals surface area contributed by atoms with Gasteiger partial charge in [-0.25, -0.2) is 40.5 Å². The first-order chi connectivity index (χ1) is 67.9. The van der Waals surface area contributed by atoms with Gasteiger partial charge in [0.15, 0.2) is 29.0 Å². The number of aryl methyl sites for hydroxylation is 3. The van der Waals surface area contributed by atoms with Gasteiger partial charge in [-0.15, -0.1) is 0 Å². The fourth-order valence-corrected chi connectivity index (χ4v) is 18.7. The molecular formula is C103H97ClF7I4N11O16. The Kier molecular flexibility index (Phi) is 37.5. The molecule has 39 heteroatoms. The monoisotopic (exact) mass is 2420 g/mol. The zero-order valence-electron chi connectivity index (χ0n) is 77.2. The number of likely N-dealkylation sites (tertiary alicyclic amines) is 1. The lowest BCUT2D eigenvalue weighted by Crippen LogP contribution is -2.72. The van der Waals surface area contributed by atoms with Crippen molar-refractivity contribution in [2.24, 2.45) is 14.1 Å². The Hall–Kier alpha value is -10.9. The van der Waals surface area contributed by atoms with Crippen molar-refractivity contribution in [1.82, 2.24) is 48.8 Å². The fourth-order valence-electron chi connectivity index (χ4n) is 16.6. The molecule has 8 heterocycles. The maximum atomic E-state index is 15.2. The van der Waals surface area contributed by atoms with Gasteiger partial charge in [-0.1, -0.05) is 60.5 Å². The number of aliphatic hydroxyl groups is 5. The molecule has 0 bridgehead atoms. The molecular weight excluding hydrogens is 2320 g/mol. The molecule has 3 amide bonds. The number of rotatable bonds is 29. The average Bonchev–Trinajstić information content (AvgIpc) is 1.43. The molecule has 2 aliphatic heterocycles.